The van der Waals surface area contributed by atoms with Crippen LogP contribution in [0, 0.1) is 13.8 Å². The molecule has 0 aliphatic carbocycles. The molecule has 1 saturated heterocycles. The molecule has 0 spiro atoms. The number of hydrogen-bond acceptors (Lipinski definition) is 4. The monoisotopic (exact) mass is 269 g/mol. The number of alkyl carbamates (subject to hydrolysis) is 1. The minimum atomic E-state index is -0.350. The number of rotatable bonds is 4. The van der Waals surface area contributed by atoms with Gasteiger partial charge in [0.2, 0.25) is 0 Å². The Morgan fingerprint density at radius 3 is 2.89 bits per heavy atom. The summed E-state index contributed by atoms with van der Waals surface area (Å²) < 4.78 is 7.37. The second-order valence-corrected chi connectivity index (χ2v) is 5.34. The van der Waals surface area contributed by atoms with Gasteiger partial charge in [0, 0.05) is 36.1 Å². The van der Waals surface area contributed by atoms with Crippen molar-refractivity contribution in [1.29, 1.82) is 0 Å². The fourth-order valence-electron chi connectivity index (χ4n) is 1.95. The Morgan fingerprint density at radius 1 is 1.56 bits per heavy atom. The average molecular weight is 269 g/mol. The Morgan fingerprint density at radius 2 is 2.28 bits per heavy atom. The van der Waals surface area contributed by atoms with E-state index in [0.29, 0.717) is 6.54 Å². The van der Waals surface area contributed by atoms with Gasteiger partial charge in [-0.2, -0.15) is 0 Å². The van der Waals surface area contributed by atoms with Crippen molar-refractivity contribution in [1.82, 2.24) is 15.2 Å². The Balaban J connectivity index is 1.70. The molecule has 1 aromatic heterocycles. The zero-order chi connectivity index (χ0) is 13.0. The normalized spacial score (nSPS) is 18.9. The highest BCUT2D eigenvalue weighted by atomic mass is 32.2. The summed E-state index contributed by atoms with van der Waals surface area (Å²) in [6, 6.07) is 4.15. The lowest BCUT2D eigenvalue weighted by Gasteiger charge is -2.13. The fraction of sp³-hybridized carbons (Fsp3) is 0.583. The molecule has 6 heteroatoms. The summed E-state index contributed by atoms with van der Waals surface area (Å²) in [5.41, 5.74) is 2.41. The molecule has 1 fully saturated rings. The lowest BCUT2D eigenvalue weighted by atomic mass is 10.5. The van der Waals surface area contributed by atoms with Gasteiger partial charge in [0.1, 0.15) is 0 Å². The molecular formula is C12H19N3O2S. The maximum atomic E-state index is 11.5. The molecule has 5 nitrogen and oxygen atoms in total. The van der Waals surface area contributed by atoms with Crippen molar-refractivity contribution < 1.29 is 9.53 Å². The molecule has 0 radical (unpaired) electrons. The first-order chi connectivity index (χ1) is 8.66. The van der Waals surface area contributed by atoms with Crippen molar-refractivity contribution in [3.05, 3.63) is 23.5 Å². The lowest BCUT2D eigenvalue weighted by Crippen LogP contribution is -2.36. The van der Waals surface area contributed by atoms with E-state index in [2.05, 4.69) is 41.2 Å². The van der Waals surface area contributed by atoms with Gasteiger partial charge < -0.3 is 14.6 Å². The van der Waals surface area contributed by atoms with E-state index in [-0.39, 0.29) is 12.3 Å². The van der Waals surface area contributed by atoms with Crippen molar-refractivity contribution in [3.8, 4) is 0 Å². The van der Waals surface area contributed by atoms with Gasteiger partial charge in [-0.1, -0.05) is 0 Å². The first-order valence-corrected chi connectivity index (χ1v) is 7.20. The Hall–Kier alpha value is -1.14. The van der Waals surface area contributed by atoms with Gasteiger partial charge in [0.15, 0.2) is 6.23 Å². The number of thioether (sulfide) groups is 1. The number of carbonyl (C=O) groups is 1. The van der Waals surface area contributed by atoms with Crippen LogP contribution in [-0.4, -0.2) is 35.1 Å². The van der Waals surface area contributed by atoms with Gasteiger partial charge in [-0.05, 0) is 26.0 Å². The van der Waals surface area contributed by atoms with Crippen molar-refractivity contribution in [3.63, 3.8) is 0 Å². The minimum Gasteiger partial charge on any atom is -0.430 e. The molecule has 1 amide bonds. The second kappa shape index (κ2) is 6.15. The highest BCUT2D eigenvalue weighted by Gasteiger charge is 2.18. The van der Waals surface area contributed by atoms with E-state index in [4.69, 9.17) is 4.74 Å². The fourth-order valence-corrected chi connectivity index (χ4v) is 2.77. The van der Waals surface area contributed by atoms with Crippen molar-refractivity contribution >= 4 is 17.9 Å². The van der Waals surface area contributed by atoms with E-state index in [1.165, 1.54) is 11.4 Å². The zero-order valence-electron chi connectivity index (χ0n) is 10.7. The molecule has 2 heterocycles. The lowest BCUT2D eigenvalue weighted by molar-refractivity contribution is 0.0979. The number of carbonyl (C=O) groups excluding carboxylic acids is 1. The van der Waals surface area contributed by atoms with E-state index >= 15 is 0 Å². The number of aryl methyl sites for hydroxylation is 2. The first kappa shape index (κ1) is 13.3. The van der Waals surface area contributed by atoms with E-state index < -0.39 is 0 Å². The largest absolute Gasteiger partial charge is 0.430 e. The molecule has 2 rings (SSSR count). The van der Waals surface area contributed by atoms with Crippen LogP contribution in [0.15, 0.2) is 12.1 Å². The molecular weight excluding hydrogens is 250 g/mol. The predicted molar refractivity (Wildman–Crippen MR) is 72.6 cm³/mol. The van der Waals surface area contributed by atoms with Gasteiger partial charge in [0.25, 0.3) is 0 Å². The minimum absolute atomic E-state index is 0.148. The maximum Gasteiger partial charge on any atom is 0.408 e. The van der Waals surface area contributed by atoms with Gasteiger partial charge >= 0.3 is 6.09 Å². The van der Waals surface area contributed by atoms with E-state index in [0.717, 1.165) is 18.2 Å². The van der Waals surface area contributed by atoms with Gasteiger partial charge in [-0.15, -0.1) is 11.8 Å². The highest BCUT2D eigenvalue weighted by molar-refractivity contribution is 7.99. The molecule has 100 valence electrons. The summed E-state index contributed by atoms with van der Waals surface area (Å²) >= 11 is 1.73. The standard InChI is InChI=1S/C12H19N3O2S/c1-9-3-4-10(2)15(9)6-5-13-12(16)17-11-7-18-8-14-11/h3-4,11,14H,5-8H2,1-2H3,(H,13,16). The second-order valence-electron chi connectivity index (χ2n) is 4.31. The molecule has 1 aliphatic rings. The molecule has 2 N–H and O–H groups in total. The topological polar surface area (TPSA) is 55.3 Å². The quantitative estimate of drug-likeness (QED) is 0.868. The van der Waals surface area contributed by atoms with E-state index in [9.17, 15) is 4.79 Å². The third-order valence-electron chi connectivity index (χ3n) is 2.95. The molecule has 1 aliphatic heterocycles. The van der Waals surface area contributed by atoms with Crippen LogP contribution in [0.2, 0.25) is 0 Å². The Kier molecular flexibility index (Phi) is 4.54. The number of nitrogens with one attached hydrogen (secondary N) is 2. The third-order valence-corrected chi connectivity index (χ3v) is 3.86. The molecule has 0 bridgehead atoms. The summed E-state index contributed by atoms with van der Waals surface area (Å²) in [5.74, 6) is 1.67. The Labute approximate surface area is 111 Å². The third kappa shape index (κ3) is 3.43. The summed E-state index contributed by atoms with van der Waals surface area (Å²) in [5, 5.41) is 5.86. The number of ether oxygens (including phenoxy) is 1. The van der Waals surface area contributed by atoms with Crippen LogP contribution in [0.1, 0.15) is 11.4 Å². The molecule has 0 aromatic carbocycles. The van der Waals surface area contributed by atoms with Crippen LogP contribution in [0.3, 0.4) is 0 Å². The summed E-state index contributed by atoms with van der Waals surface area (Å²) in [7, 11) is 0. The molecule has 18 heavy (non-hydrogen) atoms. The van der Waals surface area contributed by atoms with Crippen LogP contribution >= 0.6 is 11.8 Å². The zero-order valence-corrected chi connectivity index (χ0v) is 11.5. The smallest absolute Gasteiger partial charge is 0.408 e. The van der Waals surface area contributed by atoms with Crippen LogP contribution < -0.4 is 10.6 Å². The first-order valence-electron chi connectivity index (χ1n) is 6.05. The summed E-state index contributed by atoms with van der Waals surface area (Å²) in [6.07, 6.45) is -0.498. The molecule has 1 atom stereocenters. The van der Waals surface area contributed by atoms with Crippen molar-refractivity contribution in [2.45, 2.75) is 26.6 Å². The number of hydrogen-bond donors (Lipinski definition) is 2. The Bertz CT molecular complexity index is 394. The molecule has 0 saturated carbocycles. The predicted octanol–water partition coefficient (Wildman–Crippen LogP) is 1.45. The number of nitrogens with zero attached hydrogens (tertiary/aromatic N) is 1. The van der Waals surface area contributed by atoms with Gasteiger partial charge in [-0.25, -0.2) is 4.79 Å². The number of amides is 1. The van der Waals surface area contributed by atoms with Crippen LogP contribution in [0.4, 0.5) is 4.79 Å². The van der Waals surface area contributed by atoms with E-state index in [1.54, 1.807) is 11.8 Å². The van der Waals surface area contributed by atoms with Crippen LogP contribution in [-0.2, 0) is 11.3 Å². The summed E-state index contributed by atoms with van der Waals surface area (Å²) in [4.78, 5) is 11.5. The SMILES string of the molecule is Cc1ccc(C)n1CCNC(=O)OC1CSCN1. The average Bonchev–Trinajstić information content (AvgIpc) is 2.93. The van der Waals surface area contributed by atoms with Crippen molar-refractivity contribution in [2.24, 2.45) is 0 Å². The molecule has 1 aromatic rings. The maximum absolute atomic E-state index is 11.5. The molecule has 1 unspecified atom stereocenters. The van der Waals surface area contributed by atoms with Crippen molar-refractivity contribution in [2.75, 3.05) is 18.2 Å². The van der Waals surface area contributed by atoms with Crippen LogP contribution in [0.5, 0.6) is 0 Å². The van der Waals surface area contributed by atoms with Gasteiger partial charge in [-0.3, -0.25) is 5.32 Å². The summed E-state index contributed by atoms with van der Waals surface area (Å²) in [6.45, 7) is 5.47. The highest BCUT2D eigenvalue weighted by Crippen LogP contribution is 2.10. The van der Waals surface area contributed by atoms with Crippen LogP contribution in [0.25, 0.3) is 0 Å². The number of aromatic nitrogens is 1. The van der Waals surface area contributed by atoms with E-state index in [1.807, 2.05) is 0 Å². The van der Waals surface area contributed by atoms with Gasteiger partial charge in [0.05, 0.1) is 0 Å².